The summed E-state index contributed by atoms with van der Waals surface area (Å²) in [5.74, 6) is -0.521. The van der Waals surface area contributed by atoms with E-state index in [1.54, 1.807) is 12.2 Å². The van der Waals surface area contributed by atoms with Crippen LogP contribution in [0.1, 0.15) is 44.9 Å². The Kier molecular flexibility index (Phi) is 11.8. The number of hydrogen-bond acceptors (Lipinski definition) is 4. The number of ether oxygens (including phenoxy) is 2. The second-order valence-corrected chi connectivity index (χ2v) is 4.16. The smallest absolute Gasteiger partial charge is 0.305 e. The van der Waals surface area contributed by atoms with Crippen molar-refractivity contribution in [3.05, 3.63) is 25.3 Å². The van der Waals surface area contributed by atoms with Crippen LogP contribution in [0.3, 0.4) is 0 Å². The molecule has 0 aliphatic heterocycles. The van der Waals surface area contributed by atoms with E-state index >= 15 is 0 Å². The van der Waals surface area contributed by atoms with Gasteiger partial charge in [0.05, 0.1) is 13.2 Å². The fourth-order valence-electron chi connectivity index (χ4n) is 1.35. The van der Waals surface area contributed by atoms with Gasteiger partial charge in [-0.3, -0.25) is 9.59 Å². The number of unbranched alkanes of at least 4 members (excludes halogenated alkanes) is 2. The molecule has 0 bridgehead atoms. The molecular formula is C15H24O4. The van der Waals surface area contributed by atoms with E-state index in [-0.39, 0.29) is 24.8 Å². The van der Waals surface area contributed by atoms with E-state index in [4.69, 9.17) is 9.47 Å². The Morgan fingerprint density at radius 2 is 1.21 bits per heavy atom. The molecule has 0 N–H and O–H groups in total. The lowest BCUT2D eigenvalue weighted by atomic mass is 10.2. The third kappa shape index (κ3) is 12.7. The zero-order valence-electron chi connectivity index (χ0n) is 11.6. The quantitative estimate of drug-likeness (QED) is 0.310. The van der Waals surface area contributed by atoms with Crippen molar-refractivity contribution >= 4 is 11.9 Å². The van der Waals surface area contributed by atoms with Crippen LogP contribution in [0.15, 0.2) is 25.3 Å². The van der Waals surface area contributed by atoms with Gasteiger partial charge in [-0.15, -0.1) is 13.2 Å². The summed E-state index contributed by atoms with van der Waals surface area (Å²) < 4.78 is 9.98. The number of carbonyl (C=O) groups is 2. The molecule has 0 spiro atoms. The zero-order valence-corrected chi connectivity index (χ0v) is 11.6. The highest BCUT2D eigenvalue weighted by molar-refractivity contribution is 5.72. The first-order valence-corrected chi connectivity index (χ1v) is 6.73. The second-order valence-electron chi connectivity index (χ2n) is 4.16. The van der Waals surface area contributed by atoms with Crippen molar-refractivity contribution in [3.63, 3.8) is 0 Å². The van der Waals surface area contributed by atoms with Crippen LogP contribution in [0.4, 0.5) is 0 Å². The lowest BCUT2D eigenvalue weighted by Gasteiger charge is -2.05. The van der Waals surface area contributed by atoms with E-state index in [2.05, 4.69) is 13.2 Å². The highest BCUT2D eigenvalue weighted by Crippen LogP contribution is 2.02. The Bertz CT molecular complexity index is 256. The van der Waals surface area contributed by atoms with Crippen LogP contribution in [-0.2, 0) is 19.1 Å². The highest BCUT2D eigenvalue weighted by atomic mass is 16.5. The summed E-state index contributed by atoms with van der Waals surface area (Å²) in [6.07, 6.45) is 7.83. The maximum atomic E-state index is 11.3. The largest absolute Gasteiger partial charge is 0.466 e. The summed E-state index contributed by atoms with van der Waals surface area (Å²) in [7, 11) is 0. The van der Waals surface area contributed by atoms with Crippen LogP contribution in [0.2, 0.25) is 0 Å². The molecule has 19 heavy (non-hydrogen) atoms. The predicted molar refractivity (Wildman–Crippen MR) is 74.6 cm³/mol. The number of allylic oxidation sites excluding steroid dienone is 2. The molecule has 0 aliphatic carbocycles. The average molecular weight is 268 g/mol. The van der Waals surface area contributed by atoms with Gasteiger partial charge in [0, 0.05) is 12.8 Å². The molecule has 0 saturated carbocycles. The molecule has 4 nitrogen and oxygen atoms in total. The van der Waals surface area contributed by atoms with Crippen LogP contribution in [0, 0.1) is 0 Å². The van der Waals surface area contributed by atoms with Gasteiger partial charge in [0.15, 0.2) is 0 Å². The summed E-state index contributed by atoms with van der Waals surface area (Å²) in [6.45, 7) is 8.00. The first kappa shape index (κ1) is 17.4. The molecule has 0 fully saturated rings. The highest BCUT2D eigenvalue weighted by Gasteiger charge is 2.06. The lowest BCUT2D eigenvalue weighted by Crippen LogP contribution is -2.09. The van der Waals surface area contributed by atoms with Gasteiger partial charge in [-0.1, -0.05) is 12.2 Å². The third-order valence-electron chi connectivity index (χ3n) is 2.39. The summed E-state index contributed by atoms with van der Waals surface area (Å²) in [4.78, 5) is 22.6. The Balaban J connectivity index is 3.40. The minimum Gasteiger partial charge on any atom is -0.466 e. The summed E-state index contributed by atoms with van der Waals surface area (Å²) in [5, 5.41) is 0. The number of carbonyl (C=O) groups excluding carboxylic acids is 2. The number of rotatable bonds is 12. The Labute approximate surface area is 115 Å². The molecule has 108 valence electrons. The van der Waals surface area contributed by atoms with Gasteiger partial charge < -0.3 is 9.47 Å². The summed E-state index contributed by atoms with van der Waals surface area (Å²) in [6, 6.07) is 0. The van der Waals surface area contributed by atoms with Crippen molar-refractivity contribution in [2.24, 2.45) is 0 Å². The van der Waals surface area contributed by atoms with Crippen molar-refractivity contribution in [2.75, 3.05) is 13.2 Å². The maximum absolute atomic E-state index is 11.3. The maximum Gasteiger partial charge on any atom is 0.305 e. The number of esters is 2. The third-order valence-corrected chi connectivity index (χ3v) is 2.39. The molecule has 0 saturated heterocycles. The van der Waals surface area contributed by atoms with Crippen molar-refractivity contribution in [1.29, 1.82) is 0 Å². The average Bonchev–Trinajstić information content (AvgIpc) is 2.40. The fraction of sp³-hybridized carbons (Fsp3) is 0.600. The van der Waals surface area contributed by atoms with Crippen LogP contribution < -0.4 is 0 Å². The summed E-state index contributed by atoms with van der Waals surface area (Å²) in [5.41, 5.74) is 0. The standard InChI is InChI=1S/C15H24O4/c1-3-5-7-12-18-14(16)10-9-11-15(17)19-13-8-6-4-2/h3-4H,1-2,5-13H2. The van der Waals surface area contributed by atoms with Crippen molar-refractivity contribution in [2.45, 2.75) is 44.9 Å². The van der Waals surface area contributed by atoms with Crippen molar-refractivity contribution in [3.8, 4) is 0 Å². The molecule has 0 aliphatic rings. The monoisotopic (exact) mass is 268 g/mol. The van der Waals surface area contributed by atoms with Gasteiger partial charge in [0.25, 0.3) is 0 Å². The molecule has 0 amide bonds. The Morgan fingerprint density at radius 1 is 0.789 bits per heavy atom. The molecule has 0 aromatic carbocycles. The van der Waals surface area contributed by atoms with Gasteiger partial charge in [0.1, 0.15) is 0 Å². The Morgan fingerprint density at radius 3 is 1.58 bits per heavy atom. The second kappa shape index (κ2) is 12.9. The molecular weight excluding hydrogens is 244 g/mol. The van der Waals surface area contributed by atoms with E-state index in [0.717, 1.165) is 25.7 Å². The molecule has 0 radical (unpaired) electrons. The molecule has 0 unspecified atom stereocenters. The minimum absolute atomic E-state index is 0.260. The van der Waals surface area contributed by atoms with E-state index in [0.29, 0.717) is 19.6 Å². The van der Waals surface area contributed by atoms with Crippen LogP contribution in [-0.4, -0.2) is 25.2 Å². The van der Waals surface area contributed by atoms with Crippen LogP contribution in [0.5, 0.6) is 0 Å². The fourth-order valence-corrected chi connectivity index (χ4v) is 1.35. The van der Waals surface area contributed by atoms with Crippen molar-refractivity contribution in [1.82, 2.24) is 0 Å². The minimum atomic E-state index is -0.261. The van der Waals surface area contributed by atoms with Crippen LogP contribution in [0.25, 0.3) is 0 Å². The number of hydrogen-bond donors (Lipinski definition) is 0. The van der Waals surface area contributed by atoms with Crippen LogP contribution >= 0.6 is 0 Å². The molecule has 0 atom stereocenters. The van der Waals surface area contributed by atoms with Gasteiger partial charge in [-0.05, 0) is 32.1 Å². The van der Waals surface area contributed by atoms with E-state index in [1.165, 1.54) is 0 Å². The van der Waals surface area contributed by atoms with Gasteiger partial charge >= 0.3 is 11.9 Å². The molecule has 4 heteroatoms. The van der Waals surface area contributed by atoms with Gasteiger partial charge in [-0.25, -0.2) is 0 Å². The lowest BCUT2D eigenvalue weighted by molar-refractivity contribution is -0.145. The summed E-state index contributed by atoms with van der Waals surface area (Å²) >= 11 is 0. The first-order chi connectivity index (χ1) is 9.20. The molecule has 0 aromatic heterocycles. The van der Waals surface area contributed by atoms with Gasteiger partial charge in [-0.2, -0.15) is 0 Å². The molecule has 0 aromatic rings. The molecule has 0 rings (SSSR count). The predicted octanol–water partition coefficient (Wildman–Crippen LogP) is 3.18. The van der Waals surface area contributed by atoms with E-state index in [9.17, 15) is 9.59 Å². The van der Waals surface area contributed by atoms with Gasteiger partial charge in [0.2, 0.25) is 0 Å². The topological polar surface area (TPSA) is 52.6 Å². The Hall–Kier alpha value is -1.58. The molecule has 0 heterocycles. The first-order valence-electron chi connectivity index (χ1n) is 6.73. The normalized spacial score (nSPS) is 9.68. The van der Waals surface area contributed by atoms with E-state index in [1.807, 2.05) is 0 Å². The SMILES string of the molecule is C=CCCCOC(=O)CCCC(=O)OCCCC=C. The van der Waals surface area contributed by atoms with E-state index < -0.39 is 0 Å². The van der Waals surface area contributed by atoms with Crippen molar-refractivity contribution < 1.29 is 19.1 Å². The zero-order chi connectivity index (χ0) is 14.3.